The van der Waals surface area contributed by atoms with E-state index < -0.39 is 10.0 Å². The molecule has 1 aliphatic heterocycles. The molecule has 0 atom stereocenters. The summed E-state index contributed by atoms with van der Waals surface area (Å²) in [6, 6.07) is 3.63. The van der Waals surface area contributed by atoms with Crippen LogP contribution in [0.5, 0.6) is 0 Å². The molecule has 3 aromatic rings. The smallest absolute Gasteiger partial charge is 0.232 e. The van der Waals surface area contributed by atoms with Crippen LogP contribution in [0.4, 0.5) is 10.8 Å². The Morgan fingerprint density at radius 1 is 1.27 bits per heavy atom. The predicted octanol–water partition coefficient (Wildman–Crippen LogP) is 2.23. The lowest BCUT2D eigenvalue weighted by Crippen LogP contribution is -2.31. The van der Waals surface area contributed by atoms with E-state index in [0.29, 0.717) is 33.5 Å². The first-order valence-corrected chi connectivity index (χ1v) is 10.4. The number of hydrogen-bond acceptors (Lipinski definition) is 6. The Kier molecular flexibility index (Phi) is 3.81. The van der Waals surface area contributed by atoms with Crippen LogP contribution in [-0.2, 0) is 14.8 Å². The molecule has 26 heavy (non-hydrogen) atoms. The lowest BCUT2D eigenvalue weighted by atomic mass is 10.2. The van der Waals surface area contributed by atoms with E-state index in [2.05, 4.69) is 15.3 Å². The number of nitrogens with zero attached hydrogens (tertiary/aromatic N) is 4. The molecular weight excluding hydrogens is 374 g/mol. The molecule has 0 radical (unpaired) electrons. The van der Waals surface area contributed by atoms with Crippen molar-refractivity contribution in [3.63, 3.8) is 0 Å². The lowest BCUT2D eigenvalue weighted by molar-refractivity contribution is -0.114. The summed E-state index contributed by atoms with van der Waals surface area (Å²) in [7, 11) is -3.35. The predicted molar refractivity (Wildman–Crippen MR) is 102 cm³/mol. The van der Waals surface area contributed by atoms with Gasteiger partial charge in [0.1, 0.15) is 16.2 Å². The van der Waals surface area contributed by atoms with E-state index in [1.54, 1.807) is 16.8 Å². The third-order valence-corrected chi connectivity index (χ3v) is 5.89. The number of nitrogens with one attached hydrogen (secondary N) is 1. The van der Waals surface area contributed by atoms with Gasteiger partial charge in [0, 0.05) is 24.9 Å². The number of aromatic nitrogens is 3. The Labute approximate surface area is 153 Å². The second kappa shape index (κ2) is 5.92. The van der Waals surface area contributed by atoms with Crippen molar-refractivity contribution >= 4 is 54.5 Å². The fourth-order valence-corrected chi connectivity index (χ4v) is 4.52. The molecule has 0 aromatic carbocycles. The molecule has 0 aliphatic carbocycles. The summed E-state index contributed by atoms with van der Waals surface area (Å²) in [6.45, 7) is 1.74. The topological polar surface area (TPSA) is 97.2 Å². The summed E-state index contributed by atoms with van der Waals surface area (Å²) >= 11 is 1.29. The molecule has 8 nitrogen and oxygen atoms in total. The number of amides is 1. The normalized spacial score (nSPS) is 13.8. The van der Waals surface area contributed by atoms with Gasteiger partial charge in [-0.25, -0.2) is 18.4 Å². The van der Waals surface area contributed by atoms with Gasteiger partial charge in [0.15, 0.2) is 5.13 Å². The zero-order valence-corrected chi connectivity index (χ0v) is 15.6. The maximum atomic E-state index is 12.0. The molecule has 1 aliphatic rings. The number of carbonyl (C=O) groups excluding carboxylic acids is 1. The Morgan fingerprint density at radius 3 is 2.81 bits per heavy atom. The maximum absolute atomic E-state index is 12.0. The van der Waals surface area contributed by atoms with Crippen LogP contribution in [-0.4, -0.2) is 41.7 Å². The number of hydrogen-bond donors (Lipinski definition) is 1. The van der Waals surface area contributed by atoms with Gasteiger partial charge in [0.2, 0.25) is 15.9 Å². The zero-order chi connectivity index (χ0) is 18.5. The fraction of sp³-hybridized carbons (Fsp3) is 0.188. The van der Waals surface area contributed by atoms with Gasteiger partial charge >= 0.3 is 0 Å². The summed E-state index contributed by atoms with van der Waals surface area (Å²) in [5.41, 5.74) is 2.13. The van der Waals surface area contributed by atoms with Crippen molar-refractivity contribution in [1.82, 2.24) is 14.5 Å². The van der Waals surface area contributed by atoms with Gasteiger partial charge in [-0.3, -0.25) is 9.10 Å². The molecule has 0 saturated heterocycles. The number of rotatable bonds is 3. The minimum absolute atomic E-state index is 0.185. The Morgan fingerprint density at radius 2 is 2.08 bits per heavy atom. The quantitative estimate of drug-likeness (QED) is 0.741. The van der Waals surface area contributed by atoms with Crippen LogP contribution in [0.3, 0.4) is 0 Å². The molecule has 0 fully saturated rings. The highest BCUT2D eigenvalue weighted by Crippen LogP contribution is 2.31. The molecule has 0 saturated carbocycles. The second-order valence-electron chi connectivity index (χ2n) is 5.90. The lowest BCUT2D eigenvalue weighted by Gasteiger charge is -2.22. The molecule has 0 spiro atoms. The van der Waals surface area contributed by atoms with Crippen LogP contribution in [0.2, 0.25) is 0 Å². The third-order valence-electron chi connectivity index (χ3n) is 3.86. The molecule has 10 heteroatoms. The van der Waals surface area contributed by atoms with Crippen LogP contribution in [0.25, 0.3) is 22.2 Å². The van der Waals surface area contributed by atoms with Crippen LogP contribution >= 0.6 is 11.3 Å². The number of pyridine rings is 1. The highest BCUT2D eigenvalue weighted by atomic mass is 32.2. The van der Waals surface area contributed by atoms with Crippen LogP contribution in [0.1, 0.15) is 12.5 Å². The summed E-state index contributed by atoms with van der Waals surface area (Å²) in [4.78, 5) is 20.8. The molecule has 134 valence electrons. The molecule has 0 unspecified atom stereocenters. The van der Waals surface area contributed by atoms with Gasteiger partial charge in [0.25, 0.3) is 0 Å². The van der Waals surface area contributed by atoms with E-state index in [-0.39, 0.29) is 5.91 Å². The van der Waals surface area contributed by atoms with Gasteiger partial charge in [0.05, 0.1) is 18.5 Å². The molecule has 4 rings (SSSR count). The number of thiazole rings is 1. The van der Waals surface area contributed by atoms with Gasteiger partial charge < -0.3 is 9.88 Å². The number of carbonyl (C=O) groups is 1. The number of sulfonamides is 1. The summed E-state index contributed by atoms with van der Waals surface area (Å²) in [6.07, 6.45) is 8.50. The SMILES string of the molecule is CC(=O)Nc1nc2ccc(-n3cc4c(c3)N(S(C)(=O)=O)CC=C4)nc2s1. The summed E-state index contributed by atoms with van der Waals surface area (Å²) < 4.78 is 27.1. The molecule has 1 N–H and O–H groups in total. The monoisotopic (exact) mass is 389 g/mol. The standard InChI is InChI=1S/C16H15N5O3S2/c1-10(22)17-16-18-12-5-6-14(19-15(12)25-16)20-8-11-4-3-7-21(13(11)9-20)26(2,23)24/h3-6,8-9H,7H2,1-2H3,(H,17,18,22). The molecule has 0 bridgehead atoms. The van der Waals surface area contributed by atoms with E-state index in [9.17, 15) is 13.2 Å². The van der Waals surface area contributed by atoms with Crippen molar-refractivity contribution in [2.24, 2.45) is 0 Å². The van der Waals surface area contributed by atoms with E-state index in [4.69, 9.17) is 0 Å². The first-order valence-electron chi connectivity index (χ1n) is 7.73. The zero-order valence-electron chi connectivity index (χ0n) is 14.0. The average molecular weight is 389 g/mol. The van der Waals surface area contributed by atoms with Crippen molar-refractivity contribution in [2.75, 3.05) is 22.4 Å². The Bertz CT molecular complexity index is 1160. The van der Waals surface area contributed by atoms with Crippen LogP contribution in [0, 0.1) is 0 Å². The fourth-order valence-electron chi connectivity index (χ4n) is 2.77. The van der Waals surface area contributed by atoms with Gasteiger partial charge in [-0.15, -0.1) is 0 Å². The van der Waals surface area contributed by atoms with Gasteiger partial charge in [-0.05, 0) is 12.1 Å². The van der Waals surface area contributed by atoms with Crippen molar-refractivity contribution in [3.8, 4) is 5.82 Å². The first-order chi connectivity index (χ1) is 12.3. The molecule has 4 heterocycles. The summed E-state index contributed by atoms with van der Waals surface area (Å²) in [5, 5.41) is 3.15. The molecule has 3 aromatic heterocycles. The third kappa shape index (κ3) is 2.97. The van der Waals surface area contributed by atoms with E-state index in [1.165, 1.54) is 28.8 Å². The molecular formula is C16H15N5O3S2. The summed E-state index contributed by atoms with van der Waals surface area (Å²) in [5.74, 6) is 0.460. The van der Waals surface area contributed by atoms with Gasteiger partial charge in [-0.1, -0.05) is 23.5 Å². The highest BCUT2D eigenvalue weighted by molar-refractivity contribution is 7.92. The van der Waals surface area contributed by atoms with E-state index in [1.807, 2.05) is 24.4 Å². The second-order valence-corrected chi connectivity index (χ2v) is 8.78. The van der Waals surface area contributed by atoms with Gasteiger partial charge in [-0.2, -0.15) is 0 Å². The van der Waals surface area contributed by atoms with Crippen molar-refractivity contribution in [3.05, 3.63) is 36.2 Å². The molecule has 1 amide bonds. The number of fused-ring (bicyclic) bond motifs is 2. The Balaban J connectivity index is 1.75. The average Bonchev–Trinajstić information content (AvgIpc) is 3.14. The van der Waals surface area contributed by atoms with E-state index in [0.717, 1.165) is 5.56 Å². The largest absolute Gasteiger partial charge is 0.306 e. The minimum Gasteiger partial charge on any atom is -0.306 e. The van der Waals surface area contributed by atoms with Crippen LogP contribution < -0.4 is 9.62 Å². The van der Waals surface area contributed by atoms with E-state index >= 15 is 0 Å². The van der Waals surface area contributed by atoms with Crippen molar-refractivity contribution in [2.45, 2.75) is 6.92 Å². The Hall–Kier alpha value is -2.72. The van der Waals surface area contributed by atoms with Crippen molar-refractivity contribution < 1.29 is 13.2 Å². The number of anilines is 2. The van der Waals surface area contributed by atoms with Crippen molar-refractivity contribution in [1.29, 1.82) is 0 Å². The minimum atomic E-state index is -3.35. The highest BCUT2D eigenvalue weighted by Gasteiger charge is 2.23. The first kappa shape index (κ1) is 16.7. The van der Waals surface area contributed by atoms with Crippen LogP contribution in [0.15, 0.2) is 30.6 Å². The maximum Gasteiger partial charge on any atom is 0.232 e.